The van der Waals surface area contributed by atoms with Crippen LogP contribution in [-0.2, 0) is 0 Å². The van der Waals surface area contributed by atoms with Gasteiger partial charge in [0.05, 0.1) is 0 Å². The molecule has 0 unspecified atom stereocenters. The maximum absolute atomic E-state index is 5.14. The predicted octanol–water partition coefficient (Wildman–Crippen LogP) is 12.9. The molecule has 0 aliphatic carbocycles. The Morgan fingerprint density at radius 3 is 1.48 bits per heavy atom. The minimum Gasteiger partial charge on any atom is -0.208 e. The number of hydrogen-bond donors (Lipinski definition) is 0. The van der Waals surface area contributed by atoms with Gasteiger partial charge in [-0.05, 0) is 64.7 Å². The highest BCUT2D eigenvalue weighted by Crippen LogP contribution is 2.42. The van der Waals surface area contributed by atoms with Crippen molar-refractivity contribution >= 4 is 63.0 Å². The van der Waals surface area contributed by atoms with Crippen molar-refractivity contribution in [3.05, 3.63) is 164 Å². The lowest BCUT2D eigenvalue weighted by Crippen LogP contribution is -2.01. The Hall–Kier alpha value is -6.01. The van der Waals surface area contributed by atoms with Crippen LogP contribution >= 0.6 is 22.7 Å². The molecule has 0 spiro atoms. The van der Waals surface area contributed by atoms with Gasteiger partial charge in [-0.25, -0.2) is 15.0 Å². The van der Waals surface area contributed by atoms with E-state index in [1.807, 2.05) is 59.1 Å². The normalized spacial score (nSPS) is 11.6. The first-order valence-corrected chi connectivity index (χ1v) is 18.2. The zero-order chi connectivity index (χ0) is 33.0. The summed E-state index contributed by atoms with van der Waals surface area (Å²) in [6, 6.07) is 58.1. The van der Waals surface area contributed by atoms with Gasteiger partial charge in [0.1, 0.15) is 0 Å². The Bertz CT molecular complexity index is 2810. The highest BCUT2D eigenvalue weighted by Gasteiger charge is 2.18. The summed E-state index contributed by atoms with van der Waals surface area (Å²) in [5.41, 5.74) is 7.42. The van der Waals surface area contributed by atoms with Gasteiger partial charge in [-0.1, -0.05) is 121 Å². The standard InChI is InChI=1S/C45H27N3S2/c1-3-11-28(12-4-1)43-46-44(29-13-5-2-6-14-29)48-45(47-43)36-23-20-30(31-19-22-35-33-15-7-9-17-39(33)50-42(35)27-31)25-37(36)32-21-24-41-38(26-32)34-16-8-10-18-40(34)49-41/h1-27H. The highest BCUT2D eigenvalue weighted by molar-refractivity contribution is 7.26. The van der Waals surface area contributed by atoms with E-state index in [4.69, 9.17) is 15.0 Å². The third kappa shape index (κ3) is 4.98. The van der Waals surface area contributed by atoms with Gasteiger partial charge >= 0.3 is 0 Å². The second kappa shape index (κ2) is 11.8. The van der Waals surface area contributed by atoms with Crippen molar-refractivity contribution in [2.45, 2.75) is 0 Å². The van der Waals surface area contributed by atoms with Gasteiger partial charge in [-0.3, -0.25) is 0 Å². The molecule has 10 aromatic rings. The average molecular weight is 674 g/mol. The number of benzene rings is 7. The number of rotatable bonds is 5. The summed E-state index contributed by atoms with van der Waals surface area (Å²) in [5, 5.41) is 5.15. The zero-order valence-corrected chi connectivity index (χ0v) is 28.4. The van der Waals surface area contributed by atoms with Crippen LogP contribution in [0, 0.1) is 0 Å². The lowest BCUT2D eigenvalue weighted by atomic mass is 9.93. The van der Waals surface area contributed by atoms with Crippen molar-refractivity contribution in [3.63, 3.8) is 0 Å². The van der Waals surface area contributed by atoms with Crippen molar-refractivity contribution in [3.8, 4) is 56.4 Å². The Morgan fingerprint density at radius 1 is 0.280 bits per heavy atom. The summed E-state index contributed by atoms with van der Waals surface area (Å²) in [6.07, 6.45) is 0. The van der Waals surface area contributed by atoms with Gasteiger partial charge in [0.2, 0.25) is 0 Å². The Morgan fingerprint density at radius 2 is 0.780 bits per heavy atom. The van der Waals surface area contributed by atoms with Crippen LogP contribution < -0.4 is 0 Å². The third-order valence-electron chi connectivity index (χ3n) is 9.36. The third-order valence-corrected chi connectivity index (χ3v) is 11.6. The average Bonchev–Trinajstić information content (AvgIpc) is 3.76. The van der Waals surface area contributed by atoms with E-state index in [2.05, 4.69) is 127 Å². The number of fused-ring (bicyclic) bond motifs is 6. The Kier molecular flexibility index (Phi) is 6.86. The van der Waals surface area contributed by atoms with Crippen molar-refractivity contribution in [2.75, 3.05) is 0 Å². The predicted molar refractivity (Wildman–Crippen MR) is 213 cm³/mol. The molecule has 10 rings (SSSR count). The molecular weight excluding hydrogens is 647 g/mol. The van der Waals surface area contributed by atoms with E-state index < -0.39 is 0 Å². The maximum atomic E-state index is 5.14. The molecule has 0 aliphatic rings. The van der Waals surface area contributed by atoms with E-state index in [1.165, 1.54) is 45.9 Å². The van der Waals surface area contributed by atoms with Crippen molar-refractivity contribution in [1.29, 1.82) is 0 Å². The number of thiophene rings is 2. The first kappa shape index (κ1) is 29.0. The molecule has 0 radical (unpaired) electrons. The van der Waals surface area contributed by atoms with Crippen LogP contribution in [0.1, 0.15) is 0 Å². The summed E-state index contributed by atoms with van der Waals surface area (Å²) < 4.78 is 5.17. The van der Waals surface area contributed by atoms with Crippen LogP contribution in [0.2, 0.25) is 0 Å². The molecule has 3 aromatic heterocycles. The highest BCUT2D eigenvalue weighted by atomic mass is 32.1. The minimum absolute atomic E-state index is 0.648. The Balaban J connectivity index is 1.21. The molecule has 0 saturated heterocycles. The molecule has 3 heterocycles. The van der Waals surface area contributed by atoms with Crippen molar-refractivity contribution in [2.24, 2.45) is 0 Å². The first-order chi connectivity index (χ1) is 24.7. The fourth-order valence-corrected chi connectivity index (χ4v) is 9.12. The molecule has 234 valence electrons. The van der Waals surface area contributed by atoms with Gasteiger partial charge in [-0.15, -0.1) is 22.7 Å². The summed E-state index contributed by atoms with van der Waals surface area (Å²) in [7, 11) is 0. The van der Waals surface area contributed by atoms with Crippen molar-refractivity contribution in [1.82, 2.24) is 15.0 Å². The van der Waals surface area contributed by atoms with Crippen LogP contribution in [0.25, 0.3) is 96.8 Å². The van der Waals surface area contributed by atoms with E-state index in [9.17, 15) is 0 Å². The lowest BCUT2D eigenvalue weighted by Gasteiger charge is -2.14. The van der Waals surface area contributed by atoms with E-state index >= 15 is 0 Å². The monoisotopic (exact) mass is 673 g/mol. The topological polar surface area (TPSA) is 38.7 Å². The van der Waals surface area contributed by atoms with E-state index in [1.54, 1.807) is 0 Å². The molecule has 0 fully saturated rings. The van der Waals surface area contributed by atoms with Crippen LogP contribution in [0.3, 0.4) is 0 Å². The van der Waals surface area contributed by atoms with Crippen LogP contribution in [0.15, 0.2) is 164 Å². The number of aromatic nitrogens is 3. The fourth-order valence-electron chi connectivity index (χ4n) is 6.89. The van der Waals surface area contributed by atoms with Crippen molar-refractivity contribution < 1.29 is 0 Å². The zero-order valence-electron chi connectivity index (χ0n) is 26.7. The number of nitrogens with zero attached hydrogens (tertiary/aromatic N) is 3. The second-order valence-corrected chi connectivity index (χ2v) is 14.6. The van der Waals surface area contributed by atoms with Crippen LogP contribution in [-0.4, -0.2) is 15.0 Å². The van der Waals surface area contributed by atoms with Crippen LogP contribution in [0.4, 0.5) is 0 Å². The molecule has 0 atom stereocenters. The van der Waals surface area contributed by atoms with Gasteiger partial charge in [-0.2, -0.15) is 0 Å². The summed E-state index contributed by atoms with van der Waals surface area (Å²) in [6.45, 7) is 0. The summed E-state index contributed by atoms with van der Waals surface area (Å²) in [4.78, 5) is 15.2. The molecule has 0 saturated carbocycles. The first-order valence-electron chi connectivity index (χ1n) is 16.6. The molecule has 7 aromatic carbocycles. The van der Waals surface area contributed by atoms with E-state index in [0.29, 0.717) is 17.5 Å². The maximum Gasteiger partial charge on any atom is 0.164 e. The van der Waals surface area contributed by atoms with Gasteiger partial charge in [0.15, 0.2) is 17.5 Å². The minimum atomic E-state index is 0.648. The van der Waals surface area contributed by atoms with Gasteiger partial charge in [0, 0.05) is 57.0 Å². The summed E-state index contributed by atoms with van der Waals surface area (Å²) >= 11 is 3.68. The fraction of sp³-hybridized carbons (Fsp3) is 0. The van der Waals surface area contributed by atoms with E-state index in [-0.39, 0.29) is 0 Å². The molecule has 0 bridgehead atoms. The largest absolute Gasteiger partial charge is 0.208 e. The molecule has 50 heavy (non-hydrogen) atoms. The smallest absolute Gasteiger partial charge is 0.164 e. The van der Waals surface area contributed by atoms with Gasteiger partial charge in [0.25, 0.3) is 0 Å². The molecule has 0 aliphatic heterocycles. The number of hydrogen-bond acceptors (Lipinski definition) is 5. The molecule has 5 heteroatoms. The Labute approximate surface area is 296 Å². The quantitative estimate of drug-likeness (QED) is 0.182. The van der Waals surface area contributed by atoms with Gasteiger partial charge < -0.3 is 0 Å². The lowest BCUT2D eigenvalue weighted by molar-refractivity contribution is 1.07. The molecule has 0 N–H and O–H groups in total. The van der Waals surface area contributed by atoms with Crippen LogP contribution in [0.5, 0.6) is 0 Å². The molecule has 3 nitrogen and oxygen atoms in total. The van der Waals surface area contributed by atoms with E-state index in [0.717, 1.165) is 33.4 Å². The summed E-state index contributed by atoms with van der Waals surface area (Å²) in [5.74, 6) is 1.95. The second-order valence-electron chi connectivity index (χ2n) is 12.4. The molecular formula is C45H27N3S2. The SMILES string of the molecule is c1ccc(-c2nc(-c3ccccc3)nc(-c3ccc(-c4ccc5c(c4)sc4ccccc45)cc3-c3ccc4sc5ccccc5c4c3)n2)cc1. The molecule has 0 amide bonds.